The Hall–Kier alpha value is -1.45. The van der Waals surface area contributed by atoms with Gasteiger partial charge in [-0.3, -0.25) is 14.4 Å². The van der Waals surface area contributed by atoms with E-state index in [0.717, 1.165) is 32.1 Å². The maximum Gasteiger partial charge on any atom is 0.305 e. The normalized spacial score (nSPS) is 44.8. The van der Waals surface area contributed by atoms with E-state index in [0.29, 0.717) is 42.8 Å². The molecule has 0 saturated heterocycles. The Kier molecular flexibility index (Phi) is 4.83. The number of rotatable bonds is 3. The van der Waals surface area contributed by atoms with Crippen molar-refractivity contribution in [3.63, 3.8) is 0 Å². The van der Waals surface area contributed by atoms with Gasteiger partial charge in [-0.25, -0.2) is 0 Å². The van der Waals surface area contributed by atoms with E-state index in [1.165, 1.54) is 5.57 Å². The zero-order valence-electron chi connectivity index (χ0n) is 17.8. The van der Waals surface area contributed by atoms with E-state index in [2.05, 4.69) is 13.8 Å². The third-order valence-corrected chi connectivity index (χ3v) is 9.02. The van der Waals surface area contributed by atoms with Crippen LogP contribution in [0.15, 0.2) is 11.6 Å². The number of ketones is 2. The van der Waals surface area contributed by atoms with E-state index < -0.39 is 0 Å². The van der Waals surface area contributed by atoms with E-state index in [1.807, 2.05) is 13.0 Å². The standard InChI is InChI=1S/C24H34O4/c1-5-21(27)28-20-13-15-12-16(26)8-10-23(15,3)19-9-11-24(4)17(14(2)25)6-7-18(24)22(19)20/h12,17-20,22H,5-11,13H2,1-4H3/t17-,18+,19+,20?,22+,23+,24-/m1/s1. The summed E-state index contributed by atoms with van der Waals surface area (Å²) in [6.07, 6.45) is 8.44. The lowest BCUT2D eigenvalue weighted by atomic mass is 9.46. The van der Waals surface area contributed by atoms with E-state index in [1.54, 1.807) is 6.92 Å². The number of carbonyl (C=O) groups is 3. The van der Waals surface area contributed by atoms with Gasteiger partial charge in [0.15, 0.2) is 5.78 Å². The van der Waals surface area contributed by atoms with Crippen molar-refractivity contribution in [3.8, 4) is 0 Å². The molecule has 154 valence electrons. The Morgan fingerprint density at radius 3 is 2.57 bits per heavy atom. The maximum absolute atomic E-state index is 12.4. The third-order valence-electron chi connectivity index (χ3n) is 9.02. The van der Waals surface area contributed by atoms with Gasteiger partial charge in [-0.1, -0.05) is 26.3 Å². The molecule has 3 saturated carbocycles. The molecule has 0 spiro atoms. The summed E-state index contributed by atoms with van der Waals surface area (Å²) in [6, 6.07) is 0. The fourth-order valence-corrected chi connectivity index (χ4v) is 7.54. The van der Waals surface area contributed by atoms with Gasteiger partial charge in [0.2, 0.25) is 0 Å². The van der Waals surface area contributed by atoms with Crippen LogP contribution < -0.4 is 0 Å². The van der Waals surface area contributed by atoms with Crippen molar-refractivity contribution in [2.75, 3.05) is 0 Å². The summed E-state index contributed by atoms with van der Waals surface area (Å²) in [5.41, 5.74) is 1.25. The summed E-state index contributed by atoms with van der Waals surface area (Å²) < 4.78 is 6.01. The van der Waals surface area contributed by atoms with Crippen molar-refractivity contribution < 1.29 is 19.1 Å². The smallest absolute Gasteiger partial charge is 0.305 e. The van der Waals surface area contributed by atoms with Gasteiger partial charge in [0.1, 0.15) is 11.9 Å². The summed E-state index contributed by atoms with van der Waals surface area (Å²) in [7, 11) is 0. The average Bonchev–Trinajstić information content (AvgIpc) is 3.00. The van der Waals surface area contributed by atoms with Crippen LogP contribution in [0.4, 0.5) is 0 Å². The maximum atomic E-state index is 12.4. The van der Waals surface area contributed by atoms with Crippen LogP contribution >= 0.6 is 0 Å². The first kappa shape index (κ1) is 19.8. The topological polar surface area (TPSA) is 60.4 Å². The largest absolute Gasteiger partial charge is 0.462 e. The van der Waals surface area contributed by atoms with Crippen LogP contribution in [0.1, 0.15) is 79.1 Å². The second-order valence-electron chi connectivity index (χ2n) is 10.2. The Bertz CT molecular complexity index is 737. The monoisotopic (exact) mass is 386 g/mol. The molecule has 4 rings (SSSR count). The molecule has 4 nitrogen and oxygen atoms in total. The average molecular weight is 387 g/mol. The fraction of sp³-hybridized carbons (Fsp3) is 0.792. The van der Waals surface area contributed by atoms with Crippen molar-refractivity contribution in [2.24, 2.45) is 34.5 Å². The lowest BCUT2D eigenvalue weighted by molar-refractivity contribution is -0.168. The lowest BCUT2D eigenvalue weighted by Crippen LogP contribution is -2.56. The first-order valence-corrected chi connectivity index (χ1v) is 11.1. The highest BCUT2D eigenvalue weighted by Gasteiger charge is 2.62. The Labute approximate surface area is 168 Å². The summed E-state index contributed by atoms with van der Waals surface area (Å²) >= 11 is 0. The molecule has 0 radical (unpaired) electrons. The van der Waals surface area contributed by atoms with E-state index in [4.69, 9.17) is 4.74 Å². The van der Waals surface area contributed by atoms with E-state index >= 15 is 0 Å². The van der Waals surface area contributed by atoms with E-state index in [9.17, 15) is 14.4 Å². The Morgan fingerprint density at radius 2 is 1.89 bits per heavy atom. The van der Waals surface area contributed by atoms with Crippen molar-refractivity contribution >= 4 is 17.5 Å². The number of hydrogen-bond acceptors (Lipinski definition) is 4. The number of ether oxygens (including phenoxy) is 1. The lowest BCUT2D eigenvalue weighted by Gasteiger charge is -2.59. The first-order chi connectivity index (χ1) is 13.2. The van der Waals surface area contributed by atoms with Crippen molar-refractivity contribution in [1.82, 2.24) is 0 Å². The van der Waals surface area contributed by atoms with Gasteiger partial charge in [-0.15, -0.1) is 0 Å². The molecule has 0 aromatic carbocycles. The predicted molar refractivity (Wildman–Crippen MR) is 106 cm³/mol. The summed E-state index contributed by atoms with van der Waals surface area (Å²) in [5, 5.41) is 0. The van der Waals surface area contributed by atoms with Crippen LogP contribution in [-0.4, -0.2) is 23.6 Å². The van der Waals surface area contributed by atoms with Gasteiger partial charge in [0, 0.05) is 31.1 Å². The van der Waals surface area contributed by atoms with Gasteiger partial charge >= 0.3 is 5.97 Å². The van der Waals surface area contributed by atoms with Crippen LogP contribution in [0.25, 0.3) is 0 Å². The second kappa shape index (κ2) is 6.81. The molecule has 4 aliphatic carbocycles. The number of Topliss-reactive ketones (excluding diaryl/α,β-unsaturated/α-hetero) is 1. The molecule has 0 bridgehead atoms. The minimum Gasteiger partial charge on any atom is -0.462 e. The van der Waals surface area contributed by atoms with Gasteiger partial charge in [0.25, 0.3) is 0 Å². The molecule has 0 aliphatic heterocycles. The van der Waals surface area contributed by atoms with Crippen LogP contribution in [0, 0.1) is 34.5 Å². The number of fused-ring (bicyclic) bond motifs is 5. The molecule has 7 atom stereocenters. The highest BCUT2D eigenvalue weighted by Crippen LogP contribution is 2.67. The Balaban J connectivity index is 1.75. The first-order valence-electron chi connectivity index (χ1n) is 11.1. The third kappa shape index (κ3) is 2.81. The molecule has 0 aromatic rings. The zero-order valence-corrected chi connectivity index (χ0v) is 17.8. The number of hydrogen-bond donors (Lipinski definition) is 0. The molecular formula is C24H34O4. The quantitative estimate of drug-likeness (QED) is 0.662. The van der Waals surface area contributed by atoms with Gasteiger partial charge < -0.3 is 4.74 Å². The molecule has 4 heteroatoms. The highest BCUT2D eigenvalue weighted by atomic mass is 16.5. The zero-order chi connectivity index (χ0) is 20.3. The number of esters is 1. The Morgan fingerprint density at radius 1 is 1.14 bits per heavy atom. The van der Waals surface area contributed by atoms with E-state index in [-0.39, 0.29) is 34.6 Å². The minimum absolute atomic E-state index is 0.0198. The number of carbonyl (C=O) groups excluding carboxylic acids is 3. The minimum atomic E-state index is -0.155. The molecular weight excluding hydrogens is 352 g/mol. The van der Waals surface area contributed by atoms with Gasteiger partial charge in [-0.2, -0.15) is 0 Å². The second-order valence-corrected chi connectivity index (χ2v) is 10.2. The summed E-state index contributed by atoms with van der Waals surface area (Å²) in [6.45, 7) is 8.22. The van der Waals surface area contributed by atoms with Crippen molar-refractivity contribution in [2.45, 2.75) is 85.2 Å². The molecule has 4 aliphatic rings. The van der Waals surface area contributed by atoms with Gasteiger partial charge in [-0.05, 0) is 67.8 Å². The van der Waals surface area contributed by atoms with Gasteiger partial charge in [0.05, 0.1) is 0 Å². The SMILES string of the molecule is CCC(=O)OC1CC2=CC(=O)CC[C@]2(C)[C@H]2CC[C@]3(C)[C@@H](C(C)=O)CC[C@H]3[C@H]12. The molecule has 28 heavy (non-hydrogen) atoms. The predicted octanol–water partition coefficient (Wildman–Crippen LogP) is 4.66. The summed E-state index contributed by atoms with van der Waals surface area (Å²) in [5.74, 6) is 1.67. The molecule has 1 unspecified atom stereocenters. The van der Waals surface area contributed by atoms with Crippen LogP contribution in [0.5, 0.6) is 0 Å². The van der Waals surface area contributed by atoms with Crippen molar-refractivity contribution in [3.05, 3.63) is 11.6 Å². The summed E-state index contributed by atoms with van der Waals surface area (Å²) in [4.78, 5) is 36.7. The van der Waals surface area contributed by atoms with Crippen LogP contribution in [0.3, 0.4) is 0 Å². The molecule has 0 aromatic heterocycles. The fourth-order valence-electron chi connectivity index (χ4n) is 7.54. The molecule has 0 amide bonds. The van der Waals surface area contributed by atoms with Crippen molar-refractivity contribution in [1.29, 1.82) is 0 Å². The molecule has 0 N–H and O–H groups in total. The highest BCUT2D eigenvalue weighted by molar-refractivity contribution is 5.91. The van der Waals surface area contributed by atoms with Crippen LogP contribution in [-0.2, 0) is 19.1 Å². The molecule has 3 fully saturated rings. The molecule has 0 heterocycles. The van der Waals surface area contributed by atoms with Crippen LogP contribution in [0.2, 0.25) is 0 Å².